The van der Waals surface area contributed by atoms with Gasteiger partial charge in [0.05, 0.1) is 6.04 Å². The van der Waals surface area contributed by atoms with Crippen LogP contribution in [0.3, 0.4) is 0 Å². The van der Waals surface area contributed by atoms with E-state index in [-0.39, 0.29) is 36.2 Å². The molecule has 0 aliphatic heterocycles. The highest BCUT2D eigenvalue weighted by Gasteiger charge is 2.36. The Balaban J connectivity index is 0.00000392. The molecule has 2 aliphatic carbocycles. The van der Waals surface area contributed by atoms with Crippen LogP contribution in [-0.2, 0) is 9.59 Å². The van der Waals surface area contributed by atoms with Gasteiger partial charge in [-0.1, -0.05) is 46.5 Å². The van der Waals surface area contributed by atoms with Gasteiger partial charge in [0, 0.05) is 18.5 Å². The summed E-state index contributed by atoms with van der Waals surface area (Å²) >= 11 is 0. The molecule has 5 atom stereocenters. The predicted molar refractivity (Wildman–Crippen MR) is 117 cm³/mol. The van der Waals surface area contributed by atoms with Crippen molar-refractivity contribution in [3.8, 4) is 0 Å². The fourth-order valence-electron chi connectivity index (χ4n) is 5.03. The highest BCUT2D eigenvalue weighted by molar-refractivity contribution is 5.85. The second-order valence-electron chi connectivity index (χ2n) is 9.48. The summed E-state index contributed by atoms with van der Waals surface area (Å²) < 4.78 is 0. The van der Waals surface area contributed by atoms with Crippen molar-refractivity contribution in [1.29, 1.82) is 0 Å². The minimum atomic E-state index is -0.517. The maximum atomic E-state index is 13.0. The van der Waals surface area contributed by atoms with E-state index < -0.39 is 6.04 Å². The third kappa shape index (κ3) is 7.22. The number of rotatable bonds is 7. The van der Waals surface area contributed by atoms with Crippen LogP contribution in [0.1, 0.15) is 79.1 Å². The maximum Gasteiger partial charge on any atom is 0.236 e. The highest BCUT2D eigenvalue weighted by atomic mass is 35.5. The number of hydrogen-bond acceptors (Lipinski definition) is 3. The molecule has 0 aromatic rings. The van der Waals surface area contributed by atoms with Crippen LogP contribution in [0.4, 0.5) is 0 Å². The van der Waals surface area contributed by atoms with Crippen molar-refractivity contribution < 1.29 is 9.59 Å². The van der Waals surface area contributed by atoms with Gasteiger partial charge >= 0.3 is 0 Å². The molecule has 2 unspecified atom stereocenters. The number of carbonyl (C=O) groups excluding carboxylic acids is 2. The Morgan fingerprint density at radius 2 is 1.68 bits per heavy atom. The molecule has 2 fully saturated rings. The molecule has 0 aromatic carbocycles. The molecule has 0 saturated heterocycles. The Morgan fingerprint density at radius 1 is 1.04 bits per heavy atom. The zero-order valence-corrected chi connectivity index (χ0v) is 19.0. The van der Waals surface area contributed by atoms with Crippen molar-refractivity contribution in [1.82, 2.24) is 10.6 Å². The van der Waals surface area contributed by atoms with Crippen LogP contribution in [0, 0.1) is 29.6 Å². The molecule has 2 amide bonds. The minimum Gasteiger partial charge on any atom is -0.354 e. The molecule has 5 nitrogen and oxygen atoms in total. The second kappa shape index (κ2) is 12.0. The molecule has 0 radical (unpaired) electrons. The smallest absolute Gasteiger partial charge is 0.236 e. The van der Waals surface area contributed by atoms with Crippen molar-refractivity contribution in [3.63, 3.8) is 0 Å². The van der Waals surface area contributed by atoms with E-state index in [0.29, 0.717) is 30.2 Å². The summed E-state index contributed by atoms with van der Waals surface area (Å²) in [5.74, 6) is 2.20. The normalized spacial score (nSPS) is 28.1. The van der Waals surface area contributed by atoms with Gasteiger partial charge in [-0.2, -0.15) is 0 Å². The van der Waals surface area contributed by atoms with Crippen molar-refractivity contribution in [2.75, 3.05) is 6.54 Å². The van der Waals surface area contributed by atoms with Gasteiger partial charge in [-0.05, 0) is 56.3 Å². The molecule has 0 aromatic heterocycles. The molecule has 0 heterocycles. The van der Waals surface area contributed by atoms with Crippen LogP contribution >= 0.6 is 12.4 Å². The first-order chi connectivity index (χ1) is 12.8. The lowest BCUT2D eigenvalue weighted by molar-refractivity contribution is -0.130. The molecular formula is C22H42ClN3O2. The number of nitrogens with two attached hydrogens (primary N) is 1. The van der Waals surface area contributed by atoms with Gasteiger partial charge in [0.1, 0.15) is 0 Å². The SMILES string of the molecule is CC(N)C(=O)NC(CNC(=O)[C@@H]1C[C@H](C)CC[C@H]1C(C)C)C1CCCCC1.Cl. The van der Waals surface area contributed by atoms with Gasteiger partial charge in [0.25, 0.3) is 0 Å². The lowest BCUT2D eigenvalue weighted by Gasteiger charge is -2.37. The molecule has 6 heteroatoms. The van der Waals surface area contributed by atoms with Gasteiger partial charge in [0.2, 0.25) is 11.8 Å². The van der Waals surface area contributed by atoms with E-state index in [4.69, 9.17) is 5.73 Å². The quantitative estimate of drug-likeness (QED) is 0.593. The van der Waals surface area contributed by atoms with Gasteiger partial charge < -0.3 is 16.4 Å². The summed E-state index contributed by atoms with van der Waals surface area (Å²) in [6.45, 7) is 8.95. The number of amides is 2. The topological polar surface area (TPSA) is 84.2 Å². The molecule has 2 rings (SSSR count). The first kappa shape index (κ1) is 25.2. The van der Waals surface area contributed by atoms with Crippen LogP contribution in [-0.4, -0.2) is 30.4 Å². The first-order valence-corrected chi connectivity index (χ1v) is 11.1. The fraction of sp³-hybridized carbons (Fsp3) is 0.909. The Morgan fingerprint density at radius 3 is 2.25 bits per heavy atom. The molecule has 0 bridgehead atoms. The van der Waals surface area contributed by atoms with E-state index >= 15 is 0 Å². The lowest BCUT2D eigenvalue weighted by Crippen LogP contribution is -2.53. The Hall–Kier alpha value is -0.810. The van der Waals surface area contributed by atoms with Crippen molar-refractivity contribution in [2.45, 2.75) is 91.1 Å². The van der Waals surface area contributed by atoms with E-state index in [1.807, 2.05) is 0 Å². The average molecular weight is 416 g/mol. The minimum absolute atomic E-state index is 0. The van der Waals surface area contributed by atoms with Crippen LogP contribution < -0.4 is 16.4 Å². The molecule has 164 valence electrons. The number of halogens is 1. The van der Waals surface area contributed by atoms with Crippen molar-refractivity contribution in [2.24, 2.45) is 35.3 Å². The van der Waals surface area contributed by atoms with Crippen LogP contribution in [0.25, 0.3) is 0 Å². The second-order valence-corrected chi connectivity index (χ2v) is 9.48. The van der Waals surface area contributed by atoms with E-state index in [1.165, 1.54) is 25.7 Å². The van der Waals surface area contributed by atoms with Gasteiger partial charge in [0.15, 0.2) is 0 Å². The largest absolute Gasteiger partial charge is 0.354 e. The highest BCUT2D eigenvalue weighted by Crippen LogP contribution is 2.38. The van der Waals surface area contributed by atoms with Crippen LogP contribution in [0.15, 0.2) is 0 Å². The zero-order chi connectivity index (χ0) is 20.0. The average Bonchev–Trinajstić information content (AvgIpc) is 2.64. The molecule has 0 spiro atoms. The van der Waals surface area contributed by atoms with Gasteiger partial charge in [-0.15, -0.1) is 12.4 Å². The summed E-state index contributed by atoms with van der Waals surface area (Å²) in [5, 5.41) is 6.31. The molecule has 28 heavy (non-hydrogen) atoms. The van der Waals surface area contributed by atoms with Crippen LogP contribution in [0.2, 0.25) is 0 Å². The third-order valence-corrected chi connectivity index (χ3v) is 6.82. The summed E-state index contributed by atoms with van der Waals surface area (Å²) in [7, 11) is 0. The number of nitrogens with one attached hydrogen (secondary N) is 2. The number of hydrogen-bond donors (Lipinski definition) is 3. The maximum absolute atomic E-state index is 13.0. The summed E-state index contributed by atoms with van der Waals surface area (Å²) in [4.78, 5) is 25.2. The van der Waals surface area contributed by atoms with Crippen molar-refractivity contribution >= 4 is 24.2 Å². The lowest BCUT2D eigenvalue weighted by atomic mass is 9.69. The third-order valence-electron chi connectivity index (χ3n) is 6.82. The summed E-state index contributed by atoms with van der Waals surface area (Å²) in [6.07, 6.45) is 9.27. The van der Waals surface area contributed by atoms with Crippen molar-refractivity contribution in [3.05, 3.63) is 0 Å². The first-order valence-electron chi connectivity index (χ1n) is 11.1. The number of carbonyl (C=O) groups is 2. The Bertz CT molecular complexity index is 492. The molecular weight excluding hydrogens is 374 g/mol. The zero-order valence-electron chi connectivity index (χ0n) is 18.2. The predicted octanol–water partition coefficient (Wildman–Crippen LogP) is 3.65. The van der Waals surface area contributed by atoms with E-state index in [0.717, 1.165) is 25.7 Å². The monoisotopic (exact) mass is 415 g/mol. The molecule has 2 aliphatic rings. The summed E-state index contributed by atoms with van der Waals surface area (Å²) in [5.41, 5.74) is 5.75. The Labute approximate surface area is 177 Å². The molecule has 4 N–H and O–H groups in total. The molecule has 2 saturated carbocycles. The summed E-state index contributed by atoms with van der Waals surface area (Å²) in [6, 6.07) is -0.525. The fourth-order valence-corrected chi connectivity index (χ4v) is 5.03. The van der Waals surface area contributed by atoms with E-state index in [9.17, 15) is 9.59 Å². The standard InChI is InChI=1S/C22H41N3O2.ClH/c1-14(2)18-11-10-15(3)12-19(18)22(27)24-13-20(25-21(26)16(4)23)17-8-6-5-7-9-17;/h14-20H,5-13,23H2,1-4H3,(H,24,27)(H,25,26);1H/t15-,16?,18+,19-,20?;/m1./s1. The van der Waals surface area contributed by atoms with E-state index in [2.05, 4.69) is 31.4 Å². The van der Waals surface area contributed by atoms with E-state index in [1.54, 1.807) is 6.92 Å². The van der Waals surface area contributed by atoms with Gasteiger partial charge in [-0.3, -0.25) is 9.59 Å². The van der Waals surface area contributed by atoms with Crippen LogP contribution in [0.5, 0.6) is 0 Å². The van der Waals surface area contributed by atoms with Gasteiger partial charge in [-0.25, -0.2) is 0 Å². The Kier molecular flexibility index (Phi) is 10.8.